The van der Waals surface area contributed by atoms with Crippen molar-refractivity contribution in [3.8, 4) is 0 Å². The Balaban J connectivity index is 2.06. The van der Waals surface area contributed by atoms with E-state index in [1.807, 2.05) is 17.5 Å². The molecule has 2 rings (SSSR count). The topological polar surface area (TPSA) is 84.2 Å². The second kappa shape index (κ2) is 8.45. The summed E-state index contributed by atoms with van der Waals surface area (Å²) in [6.07, 6.45) is 0.993. The Morgan fingerprint density at radius 2 is 1.91 bits per heavy atom. The predicted molar refractivity (Wildman–Crippen MR) is 92.2 cm³/mol. The Morgan fingerprint density at radius 3 is 2.48 bits per heavy atom. The van der Waals surface area contributed by atoms with Gasteiger partial charge in [0.15, 0.2) is 0 Å². The molecule has 0 aliphatic carbocycles. The minimum atomic E-state index is -0.552. The summed E-state index contributed by atoms with van der Waals surface area (Å²) in [6, 6.07) is 12.3. The molecule has 0 aliphatic rings. The Hall–Kier alpha value is -2.18. The van der Waals surface area contributed by atoms with Gasteiger partial charge in [-0.25, -0.2) is 0 Å². The minimum Gasteiger partial charge on any atom is -0.368 e. The number of thiophene rings is 1. The lowest BCUT2D eigenvalue weighted by Gasteiger charge is -2.18. The van der Waals surface area contributed by atoms with E-state index in [1.165, 1.54) is 5.56 Å². The van der Waals surface area contributed by atoms with Crippen molar-refractivity contribution in [3.63, 3.8) is 0 Å². The summed E-state index contributed by atoms with van der Waals surface area (Å²) in [6.45, 7) is 2.09. The van der Waals surface area contributed by atoms with Crippen LogP contribution in [0.5, 0.6) is 0 Å². The highest BCUT2D eigenvalue weighted by atomic mass is 32.1. The standard InChI is InChI=1S/C17H21N3O2S/c1-2-12-5-7-13(8-6-12)17(14-4-3-9-23-14)20-11-16(22)19-10-15(18)21/h3-9,17,20H,2,10-11H2,1H3,(H2,18,21)(H,19,22)/t17-/m1/s1. The molecular formula is C17H21N3O2S. The molecule has 0 spiro atoms. The highest BCUT2D eigenvalue weighted by Crippen LogP contribution is 2.26. The monoisotopic (exact) mass is 331 g/mol. The van der Waals surface area contributed by atoms with Gasteiger partial charge in [-0.15, -0.1) is 11.3 Å². The van der Waals surface area contributed by atoms with Gasteiger partial charge in [0.05, 0.1) is 19.1 Å². The third kappa shape index (κ3) is 5.19. The van der Waals surface area contributed by atoms with Gasteiger partial charge in [-0.05, 0) is 29.0 Å². The van der Waals surface area contributed by atoms with Gasteiger partial charge < -0.3 is 11.1 Å². The number of aryl methyl sites for hydroxylation is 1. The van der Waals surface area contributed by atoms with Crippen LogP contribution in [-0.4, -0.2) is 24.9 Å². The molecule has 4 N–H and O–H groups in total. The van der Waals surface area contributed by atoms with Crippen molar-refractivity contribution in [2.45, 2.75) is 19.4 Å². The summed E-state index contributed by atoms with van der Waals surface area (Å²) in [5.41, 5.74) is 7.40. The number of hydrogen-bond acceptors (Lipinski definition) is 4. The van der Waals surface area contributed by atoms with E-state index in [1.54, 1.807) is 11.3 Å². The summed E-state index contributed by atoms with van der Waals surface area (Å²) >= 11 is 1.64. The summed E-state index contributed by atoms with van der Waals surface area (Å²) < 4.78 is 0. The molecule has 1 heterocycles. The van der Waals surface area contributed by atoms with Crippen LogP contribution in [0.25, 0.3) is 0 Å². The van der Waals surface area contributed by atoms with Crippen LogP contribution in [0.2, 0.25) is 0 Å². The zero-order chi connectivity index (χ0) is 16.7. The number of amides is 2. The van der Waals surface area contributed by atoms with Crippen LogP contribution in [-0.2, 0) is 16.0 Å². The van der Waals surface area contributed by atoms with E-state index < -0.39 is 5.91 Å². The van der Waals surface area contributed by atoms with Gasteiger partial charge in [-0.1, -0.05) is 37.3 Å². The third-order valence-electron chi connectivity index (χ3n) is 3.48. The first-order chi connectivity index (χ1) is 11.1. The summed E-state index contributed by atoms with van der Waals surface area (Å²) in [7, 11) is 0. The number of carbonyl (C=O) groups excluding carboxylic acids is 2. The molecule has 2 amide bonds. The Morgan fingerprint density at radius 1 is 1.17 bits per heavy atom. The lowest BCUT2D eigenvalue weighted by atomic mass is 10.0. The summed E-state index contributed by atoms with van der Waals surface area (Å²) in [5.74, 6) is -0.807. The average Bonchev–Trinajstić information content (AvgIpc) is 3.08. The first-order valence-corrected chi connectivity index (χ1v) is 8.38. The zero-order valence-corrected chi connectivity index (χ0v) is 13.9. The van der Waals surface area contributed by atoms with Gasteiger partial charge in [0, 0.05) is 4.88 Å². The van der Waals surface area contributed by atoms with Crippen LogP contribution in [0, 0.1) is 0 Å². The number of nitrogens with two attached hydrogens (primary N) is 1. The molecule has 0 fully saturated rings. The largest absolute Gasteiger partial charge is 0.368 e. The van der Waals surface area contributed by atoms with Gasteiger partial charge in [-0.3, -0.25) is 14.9 Å². The second-order valence-corrected chi connectivity index (χ2v) is 6.15. The maximum atomic E-state index is 11.8. The Labute approximate surface area is 139 Å². The van der Waals surface area contributed by atoms with E-state index >= 15 is 0 Å². The summed E-state index contributed by atoms with van der Waals surface area (Å²) in [5, 5.41) is 7.74. The van der Waals surface area contributed by atoms with E-state index in [-0.39, 0.29) is 25.0 Å². The number of primary amides is 1. The predicted octanol–water partition coefficient (Wildman–Crippen LogP) is 1.59. The number of benzene rings is 1. The van der Waals surface area contributed by atoms with Crippen LogP contribution < -0.4 is 16.4 Å². The lowest BCUT2D eigenvalue weighted by Crippen LogP contribution is -2.39. The molecule has 122 valence electrons. The van der Waals surface area contributed by atoms with E-state index in [9.17, 15) is 9.59 Å². The van der Waals surface area contributed by atoms with Gasteiger partial charge in [0.25, 0.3) is 0 Å². The molecule has 5 nitrogen and oxygen atoms in total. The molecule has 1 aromatic carbocycles. The highest BCUT2D eigenvalue weighted by molar-refractivity contribution is 7.10. The normalized spacial score (nSPS) is 11.9. The Kier molecular flexibility index (Phi) is 6.31. The van der Waals surface area contributed by atoms with Gasteiger partial charge in [0.1, 0.15) is 0 Å². The first-order valence-electron chi connectivity index (χ1n) is 7.50. The molecule has 0 unspecified atom stereocenters. The first kappa shape index (κ1) is 17.2. The smallest absolute Gasteiger partial charge is 0.236 e. The summed E-state index contributed by atoms with van der Waals surface area (Å²) in [4.78, 5) is 23.6. The molecule has 0 bridgehead atoms. The van der Waals surface area contributed by atoms with Crippen LogP contribution in [0.15, 0.2) is 41.8 Å². The van der Waals surface area contributed by atoms with Gasteiger partial charge >= 0.3 is 0 Å². The molecule has 1 atom stereocenters. The fraction of sp³-hybridized carbons (Fsp3) is 0.294. The molecule has 0 radical (unpaired) electrons. The third-order valence-corrected chi connectivity index (χ3v) is 4.41. The maximum absolute atomic E-state index is 11.8. The molecule has 0 saturated carbocycles. The molecule has 2 aromatic rings. The van der Waals surface area contributed by atoms with Crippen LogP contribution in [0.4, 0.5) is 0 Å². The average molecular weight is 331 g/mol. The molecular weight excluding hydrogens is 310 g/mol. The van der Waals surface area contributed by atoms with E-state index in [4.69, 9.17) is 5.73 Å². The van der Waals surface area contributed by atoms with Crippen molar-refractivity contribution >= 4 is 23.2 Å². The lowest BCUT2D eigenvalue weighted by molar-refractivity contribution is -0.124. The number of carbonyl (C=O) groups is 2. The molecule has 0 saturated heterocycles. The van der Waals surface area contributed by atoms with E-state index in [0.717, 1.165) is 16.9 Å². The molecule has 23 heavy (non-hydrogen) atoms. The van der Waals surface area contributed by atoms with E-state index in [0.29, 0.717) is 0 Å². The molecule has 6 heteroatoms. The minimum absolute atomic E-state index is 0.0553. The molecule has 0 aliphatic heterocycles. The van der Waals surface area contributed by atoms with Gasteiger partial charge in [-0.2, -0.15) is 0 Å². The van der Waals surface area contributed by atoms with Gasteiger partial charge in [0.2, 0.25) is 11.8 Å². The SMILES string of the molecule is CCc1ccc([C@@H](NCC(=O)NCC(N)=O)c2cccs2)cc1. The van der Waals surface area contributed by atoms with Crippen molar-refractivity contribution in [2.75, 3.05) is 13.1 Å². The van der Waals surface area contributed by atoms with Crippen LogP contribution >= 0.6 is 11.3 Å². The van der Waals surface area contributed by atoms with Crippen LogP contribution in [0.1, 0.15) is 29.0 Å². The number of hydrogen-bond donors (Lipinski definition) is 3. The quantitative estimate of drug-likeness (QED) is 0.687. The van der Waals surface area contributed by atoms with E-state index in [2.05, 4.69) is 41.8 Å². The second-order valence-electron chi connectivity index (χ2n) is 5.17. The van der Waals surface area contributed by atoms with Crippen molar-refractivity contribution < 1.29 is 9.59 Å². The maximum Gasteiger partial charge on any atom is 0.236 e. The molecule has 1 aromatic heterocycles. The zero-order valence-electron chi connectivity index (χ0n) is 13.0. The van der Waals surface area contributed by atoms with Crippen molar-refractivity contribution in [1.29, 1.82) is 0 Å². The highest BCUT2D eigenvalue weighted by Gasteiger charge is 2.16. The number of nitrogens with one attached hydrogen (secondary N) is 2. The van der Waals surface area contributed by atoms with Crippen LogP contribution in [0.3, 0.4) is 0 Å². The van der Waals surface area contributed by atoms with Crippen molar-refractivity contribution in [2.24, 2.45) is 5.73 Å². The fourth-order valence-electron chi connectivity index (χ4n) is 2.23. The number of rotatable bonds is 8. The van der Waals surface area contributed by atoms with Crippen molar-refractivity contribution in [1.82, 2.24) is 10.6 Å². The van der Waals surface area contributed by atoms with Crippen molar-refractivity contribution in [3.05, 3.63) is 57.8 Å². The fourth-order valence-corrected chi connectivity index (χ4v) is 3.05. The Bertz CT molecular complexity index is 638.